The van der Waals surface area contributed by atoms with Crippen molar-refractivity contribution in [1.82, 2.24) is 15.8 Å². The number of hydrogen-bond donors (Lipinski definition) is 3. The van der Waals surface area contributed by atoms with Gasteiger partial charge in [0.15, 0.2) is 5.78 Å². The van der Waals surface area contributed by atoms with Crippen LogP contribution < -0.4 is 15.9 Å². The van der Waals surface area contributed by atoms with Crippen molar-refractivity contribution in [2.75, 3.05) is 19.1 Å². The lowest BCUT2D eigenvalue weighted by Crippen LogP contribution is -2.44. The maximum Gasteiger partial charge on any atom is 0.273 e. The lowest BCUT2D eigenvalue weighted by Gasteiger charge is -2.46. The van der Waals surface area contributed by atoms with Crippen LogP contribution in [0.3, 0.4) is 0 Å². The van der Waals surface area contributed by atoms with Crippen LogP contribution in [0.1, 0.15) is 94.6 Å². The van der Waals surface area contributed by atoms with E-state index < -0.39 is 11.3 Å². The molecule has 1 spiro atoms. The van der Waals surface area contributed by atoms with E-state index in [4.69, 9.17) is 5.41 Å². The fourth-order valence-electron chi connectivity index (χ4n) is 6.58. The van der Waals surface area contributed by atoms with Crippen LogP contribution in [0, 0.1) is 28.5 Å². The van der Waals surface area contributed by atoms with E-state index in [2.05, 4.69) is 34.8 Å². The number of anilines is 1. The first-order chi connectivity index (χ1) is 21.9. The van der Waals surface area contributed by atoms with Crippen molar-refractivity contribution >= 4 is 23.4 Å². The standard InChI is InChI=1S/C27H28F3N3O.C5H10.C4H9N3/c1-17-3-4-19-14-24(33(31-2)22-7-5-21(28)6-8-22)18-9-11-27(29,30)20-10-12-32-23(13-20)25(34)26(19,15-17)16-18;1-5-3-2-4-5;1-4(5)3-7-6-2/h5-8,10,12-14,17,31H,3-4,9,11,15-16H2,1-2H3;5H,2-4H2,1H3;3,5-6H,1-2H3/b;;5-4?,7-3-/t17-,26+;;/m0../s1. The number of hydrogen-bond acceptors (Lipinski definition) is 7. The van der Waals surface area contributed by atoms with Gasteiger partial charge in [0.2, 0.25) is 0 Å². The molecular weight excluding hydrogens is 589 g/mol. The second-order valence-electron chi connectivity index (χ2n) is 13.0. The predicted octanol–water partition coefficient (Wildman–Crippen LogP) is 8.36. The Labute approximate surface area is 270 Å². The quantitative estimate of drug-likeness (QED) is 0.227. The SMILES string of the molecule is CC1CCC1.CN/N=C\C(C)=N.CNN(C1=C2CCC(F)(F)c3ccnc(c3)C(=O)[C@@]3(C2)C[C@@H](C)CCC3=C1)c1ccc(F)cc1. The summed E-state index contributed by atoms with van der Waals surface area (Å²) in [6.07, 6.45) is 11.8. The number of Topliss-reactive ketones (excluding diaryl/α,β-unsaturated/α-hetero) is 1. The molecule has 2 saturated carbocycles. The number of pyridine rings is 1. The van der Waals surface area contributed by atoms with Gasteiger partial charge in [0.05, 0.1) is 23.0 Å². The van der Waals surface area contributed by atoms with Crippen molar-refractivity contribution < 1.29 is 18.0 Å². The number of nitrogens with one attached hydrogen (secondary N) is 3. The van der Waals surface area contributed by atoms with Crippen LogP contribution in [0.15, 0.2) is 70.6 Å². The summed E-state index contributed by atoms with van der Waals surface area (Å²) in [5.41, 5.74) is 8.59. The Morgan fingerprint density at radius 1 is 1.09 bits per heavy atom. The maximum atomic E-state index is 15.2. The first-order valence-electron chi connectivity index (χ1n) is 16.2. The van der Waals surface area contributed by atoms with Crippen LogP contribution >= 0.6 is 0 Å². The molecule has 1 aromatic carbocycles. The second kappa shape index (κ2) is 15.2. The number of benzene rings is 1. The third-order valence-electron chi connectivity index (χ3n) is 9.33. The molecule has 0 unspecified atom stereocenters. The van der Waals surface area contributed by atoms with Crippen molar-refractivity contribution in [3.63, 3.8) is 0 Å². The Kier molecular flexibility index (Phi) is 11.6. The van der Waals surface area contributed by atoms with Crippen molar-refractivity contribution in [2.24, 2.45) is 22.4 Å². The number of ketones is 1. The molecule has 0 saturated heterocycles. The lowest BCUT2D eigenvalue weighted by atomic mass is 9.58. The number of carbonyl (C=O) groups is 1. The fraction of sp³-hybridized carbons (Fsp3) is 0.500. The molecule has 4 aliphatic rings. The third-order valence-corrected chi connectivity index (χ3v) is 9.33. The minimum absolute atomic E-state index is 0.117. The van der Waals surface area contributed by atoms with E-state index in [-0.39, 0.29) is 35.7 Å². The number of rotatable bonds is 5. The van der Waals surface area contributed by atoms with Gasteiger partial charge in [-0.25, -0.2) is 18.6 Å². The molecule has 1 heterocycles. The summed E-state index contributed by atoms with van der Waals surface area (Å²) >= 11 is 0. The average molecular weight is 637 g/mol. The number of hydrazone groups is 1. The molecule has 4 bridgehead atoms. The summed E-state index contributed by atoms with van der Waals surface area (Å²) in [4.78, 5) is 18.2. The third kappa shape index (κ3) is 8.13. The molecule has 3 N–H and O–H groups in total. The number of halogens is 3. The van der Waals surface area contributed by atoms with Gasteiger partial charge in [-0.2, -0.15) is 5.10 Å². The first kappa shape index (κ1) is 35.1. The molecule has 6 rings (SSSR count). The molecule has 4 aliphatic carbocycles. The van der Waals surface area contributed by atoms with E-state index in [0.717, 1.165) is 35.6 Å². The van der Waals surface area contributed by atoms with Crippen LogP contribution in [0.5, 0.6) is 0 Å². The zero-order chi connectivity index (χ0) is 33.5. The molecule has 10 heteroatoms. The number of fused-ring (bicyclic) bond motifs is 3. The van der Waals surface area contributed by atoms with Gasteiger partial charge in [-0.15, -0.1) is 0 Å². The van der Waals surface area contributed by atoms with Gasteiger partial charge in [0.25, 0.3) is 5.92 Å². The van der Waals surface area contributed by atoms with Gasteiger partial charge in [0, 0.05) is 38.0 Å². The summed E-state index contributed by atoms with van der Waals surface area (Å²) in [7, 11) is 3.44. The van der Waals surface area contributed by atoms with Crippen LogP contribution in [-0.2, 0) is 5.92 Å². The highest BCUT2D eigenvalue weighted by Crippen LogP contribution is 2.54. The lowest BCUT2D eigenvalue weighted by molar-refractivity contribution is -0.0139. The molecule has 0 radical (unpaired) electrons. The topological polar surface area (TPSA) is 93.5 Å². The zero-order valence-corrected chi connectivity index (χ0v) is 27.6. The number of carbonyl (C=O) groups excluding carboxylic acids is 1. The highest BCUT2D eigenvalue weighted by Gasteiger charge is 2.50. The number of aromatic nitrogens is 1. The molecular formula is C36H47F3N6O. The molecule has 2 aromatic rings. The molecule has 2 atom stereocenters. The summed E-state index contributed by atoms with van der Waals surface area (Å²) < 4.78 is 43.9. The van der Waals surface area contributed by atoms with Gasteiger partial charge in [0.1, 0.15) is 11.5 Å². The Balaban J connectivity index is 0.000000337. The number of alkyl halides is 2. The number of nitrogens with zero attached hydrogens (tertiary/aromatic N) is 3. The van der Waals surface area contributed by atoms with Crippen molar-refractivity contribution in [3.05, 3.63) is 82.6 Å². The Bertz CT molecular complexity index is 1480. The van der Waals surface area contributed by atoms with E-state index in [1.165, 1.54) is 55.9 Å². The Morgan fingerprint density at radius 2 is 1.78 bits per heavy atom. The van der Waals surface area contributed by atoms with E-state index in [1.807, 2.05) is 6.08 Å². The number of allylic oxidation sites excluding steroid dienone is 3. The van der Waals surface area contributed by atoms with Crippen LogP contribution in [0.25, 0.3) is 0 Å². The highest BCUT2D eigenvalue weighted by atomic mass is 19.3. The van der Waals surface area contributed by atoms with Gasteiger partial charge in [-0.3, -0.25) is 14.8 Å². The maximum absolute atomic E-state index is 15.2. The Morgan fingerprint density at radius 3 is 2.35 bits per heavy atom. The molecule has 1 aromatic heterocycles. The van der Waals surface area contributed by atoms with Crippen molar-refractivity contribution in [1.29, 1.82) is 5.41 Å². The monoisotopic (exact) mass is 636 g/mol. The minimum atomic E-state index is -3.08. The van der Waals surface area contributed by atoms with Crippen LogP contribution in [0.4, 0.5) is 18.9 Å². The van der Waals surface area contributed by atoms with Crippen molar-refractivity contribution in [3.8, 4) is 0 Å². The second-order valence-corrected chi connectivity index (χ2v) is 13.0. The largest absolute Gasteiger partial charge is 0.313 e. The molecule has 46 heavy (non-hydrogen) atoms. The summed E-state index contributed by atoms with van der Waals surface area (Å²) in [6, 6.07) is 8.64. The van der Waals surface area contributed by atoms with Gasteiger partial charge < -0.3 is 10.8 Å². The number of hydrazine groups is 1. The van der Waals surface area contributed by atoms with E-state index >= 15 is 8.78 Å². The molecule has 248 valence electrons. The Hall–Kier alpha value is -3.79. The van der Waals surface area contributed by atoms with Crippen LogP contribution in [-0.4, -0.2) is 36.8 Å². The summed E-state index contributed by atoms with van der Waals surface area (Å²) in [5, 5.41) is 12.2. The van der Waals surface area contributed by atoms with Crippen molar-refractivity contribution in [2.45, 2.75) is 84.5 Å². The van der Waals surface area contributed by atoms with Gasteiger partial charge in [-0.1, -0.05) is 38.7 Å². The predicted molar refractivity (Wildman–Crippen MR) is 179 cm³/mol. The molecule has 2 fully saturated rings. The smallest absolute Gasteiger partial charge is 0.273 e. The van der Waals surface area contributed by atoms with E-state index in [9.17, 15) is 9.18 Å². The normalized spacial score (nSPS) is 23.4. The van der Waals surface area contributed by atoms with Crippen LogP contribution in [0.2, 0.25) is 0 Å². The van der Waals surface area contributed by atoms with E-state index in [0.29, 0.717) is 30.2 Å². The van der Waals surface area contributed by atoms with Gasteiger partial charge >= 0.3 is 0 Å². The summed E-state index contributed by atoms with van der Waals surface area (Å²) in [5.74, 6) is -2.19. The van der Waals surface area contributed by atoms with E-state index in [1.54, 1.807) is 38.2 Å². The highest BCUT2D eigenvalue weighted by molar-refractivity contribution is 6.27. The molecule has 0 aliphatic heterocycles. The molecule has 7 nitrogen and oxygen atoms in total. The fourth-order valence-corrected chi connectivity index (χ4v) is 6.58. The van der Waals surface area contributed by atoms with Gasteiger partial charge in [-0.05, 0) is 98.9 Å². The average Bonchev–Trinajstić information content (AvgIpc) is 3.03. The minimum Gasteiger partial charge on any atom is -0.313 e. The summed E-state index contributed by atoms with van der Waals surface area (Å²) in [6.45, 7) is 6.12. The molecule has 0 amide bonds. The zero-order valence-electron chi connectivity index (χ0n) is 27.6. The first-order valence-corrected chi connectivity index (χ1v) is 16.2.